The Bertz CT molecular complexity index is 1790. The molecule has 6 rings (SSSR count). The largest absolute Gasteiger partial charge is 0.481 e. The van der Waals surface area contributed by atoms with Crippen molar-refractivity contribution in [3.05, 3.63) is 87.4 Å². The number of esters is 1. The zero-order valence-corrected chi connectivity index (χ0v) is 26.4. The van der Waals surface area contributed by atoms with Crippen LogP contribution in [0.4, 0.5) is 5.82 Å². The molecular formula is C35H40N4O7. The number of aromatic nitrogens is 1. The highest BCUT2D eigenvalue weighted by atomic mass is 16.6. The number of amides is 1. The number of carbonyl (C=O) groups excluding carboxylic acids is 2. The maximum atomic E-state index is 13.6. The Morgan fingerprint density at radius 2 is 2.07 bits per heavy atom. The molecule has 46 heavy (non-hydrogen) atoms. The van der Waals surface area contributed by atoms with Crippen LogP contribution in [0.3, 0.4) is 0 Å². The molecule has 3 aliphatic rings. The lowest BCUT2D eigenvalue weighted by Crippen LogP contribution is -2.62. The second kappa shape index (κ2) is 12.4. The third-order valence-electron chi connectivity index (χ3n) is 9.61. The molecule has 1 saturated heterocycles. The molecule has 0 radical (unpaired) electrons. The highest BCUT2D eigenvalue weighted by molar-refractivity contribution is 5.89. The van der Waals surface area contributed by atoms with Gasteiger partial charge in [-0.15, -0.1) is 0 Å². The molecule has 4 heterocycles. The number of ether oxygens (including phenoxy) is 2. The van der Waals surface area contributed by atoms with E-state index in [1.54, 1.807) is 37.4 Å². The van der Waals surface area contributed by atoms with Crippen LogP contribution in [0, 0.1) is 5.92 Å². The number of carbonyl (C=O) groups is 2. The molecule has 0 unspecified atom stereocenters. The molecule has 4 N–H and O–H groups in total. The molecule has 0 bridgehead atoms. The van der Waals surface area contributed by atoms with Gasteiger partial charge in [-0.2, -0.15) is 0 Å². The van der Waals surface area contributed by atoms with Crippen LogP contribution in [0.25, 0.3) is 11.0 Å². The van der Waals surface area contributed by atoms with Crippen molar-refractivity contribution in [1.82, 2.24) is 15.2 Å². The maximum absolute atomic E-state index is 13.6. The Kier molecular flexibility index (Phi) is 8.47. The van der Waals surface area contributed by atoms with Gasteiger partial charge in [-0.25, -0.2) is 14.6 Å². The van der Waals surface area contributed by atoms with E-state index in [1.807, 2.05) is 37.1 Å². The zero-order valence-electron chi connectivity index (χ0n) is 26.4. The molecule has 11 nitrogen and oxygen atoms in total. The van der Waals surface area contributed by atoms with Crippen LogP contribution in [0.5, 0.6) is 5.75 Å². The summed E-state index contributed by atoms with van der Waals surface area (Å²) in [5.41, 5.74) is 6.51. The number of rotatable bonds is 9. The first-order chi connectivity index (χ1) is 22.1. The Morgan fingerprint density at radius 3 is 2.80 bits per heavy atom. The van der Waals surface area contributed by atoms with Gasteiger partial charge >= 0.3 is 11.6 Å². The Hall–Kier alpha value is -4.48. The number of nitrogens with one attached hydrogen (secondary N) is 1. The molecule has 2 aromatic heterocycles. The quantitative estimate of drug-likeness (QED) is 0.139. The number of hydrogen-bond donors (Lipinski definition) is 3. The molecule has 1 aliphatic carbocycles. The predicted molar refractivity (Wildman–Crippen MR) is 172 cm³/mol. The first kappa shape index (κ1) is 31.5. The molecule has 11 heteroatoms. The second-order valence-corrected chi connectivity index (χ2v) is 12.6. The fraction of sp³-hybridized carbons (Fsp3) is 0.429. The van der Waals surface area contributed by atoms with Gasteiger partial charge in [0.1, 0.15) is 17.2 Å². The minimum Gasteiger partial charge on any atom is -0.481 e. The summed E-state index contributed by atoms with van der Waals surface area (Å²) >= 11 is 0. The van der Waals surface area contributed by atoms with E-state index in [2.05, 4.69) is 10.3 Å². The van der Waals surface area contributed by atoms with E-state index in [1.165, 1.54) is 6.07 Å². The van der Waals surface area contributed by atoms with Gasteiger partial charge < -0.3 is 34.9 Å². The van der Waals surface area contributed by atoms with E-state index in [0.29, 0.717) is 60.1 Å². The van der Waals surface area contributed by atoms with Gasteiger partial charge in [0.15, 0.2) is 11.2 Å². The molecule has 3 atom stereocenters. The highest BCUT2D eigenvalue weighted by Gasteiger charge is 2.62. The van der Waals surface area contributed by atoms with Crippen LogP contribution < -0.4 is 21.4 Å². The molecule has 242 valence electrons. The molecule has 2 aliphatic heterocycles. The van der Waals surface area contributed by atoms with Crippen molar-refractivity contribution < 1.29 is 28.6 Å². The van der Waals surface area contributed by atoms with Crippen LogP contribution in [0.2, 0.25) is 0 Å². The molecule has 1 amide bonds. The summed E-state index contributed by atoms with van der Waals surface area (Å²) in [4.78, 5) is 45.2. The van der Waals surface area contributed by atoms with Crippen molar-refractivity contribution in [1.29, 1.82) is 0 Å². The van der Waals surface area contributed by atoms with Crippen molar-refractivity contribution in [2.24, 2.45) is 5.92 Å². The van der Waals surface area contributed by atoms with Crippen LogP contribution in [0.15, 0.2) is 69.5 Å². The summed E-state index contributed by atoms with van der Waals surface area (Å²) in [7, 11) is 1.91. The number of aliphatic hydroxyl groups excluding tert-OH is 1. The number of pyridine rings is 1. The Balaban J connectivity index is 1.43. The molecule has 3 aromatic rings. The van der Waals surface area contributed by atoms with Gasteiger partial charge in [0.05, 0.1) is 6.42 Å². The highest BCUT2D eigenvalue weighted by Crippen LogP contribution is 2.55. The summed E-state index contributed by atoms with van der Waals surface area (Å²) in [6, 6.07) is 8.50. The SMILES string of the molecule is C/C=C(\CCO)C(=O)O[C@]1(C)CC=C[C@@H](c2cc(N)ncc2CC(=O)N2CC(CNC)C2)[C@]12Cc1cc3ccc(=O)oc3cc1O2. The predicted octanol–water partition coefficient (Wildman–Crippen LogP) is 3.04. The number of nitrogens with zero attached hydrogens (tertiary/aromatic N) is 2. The number of aliphatic hydroxyl groups is 1. The first-order valence-corrected chi connectivity index (χ1v) is 15.7. The molecule has 0 saturated carbocycles. The number of nitrogens with two attached hydrogens (primary N) is 1. The molecular weight excluding hydrogens is 588 g/mol. The van der Waals surface area contributed by atoms with E-state index in [4.69, 9.17) is 19.6 Å². The number of hydrogen-bond acceptors (Lipinski definition) is 10. The van der Waals surface area contributed by atoms with Gasteiger partial charge in [0, 0.05) is 86.6 Å². The van der Waals surface area contributed by atoms with Crippen molar-refractivity contribution in [3.8, 4) is 5.75 Å². The lowest BCUT2D eigenvalue weighted by molar-refractivity contribution is -0.182. The number of benzene rings is 1. The van der Waals surface area contributed by atoms with Crippen molar-refractivity contribution in [2.45, 2.75) is 56.7 Å². The summed E-state index contributed by atoms with van der Waals surface area (Å²) in [6.07, 6.45) is 8.28. The van der Waals surface area contributed by atoms with Crippen molar-refractivity contribution in [3.63, 3.8) is 0 Å². The number of fused-ring (bicyclic) bond motifs is 2. The van der Waals surface area contributed by atoms with Gasteiger partial charge in [-0.05, 0) is 55.8 Å². The maximum Gasteiger partial charge on any atom is 0.336 e. The molecule has 1 spiro atoms. The first-order valence-electron chi connectivity index (χ1n) is 15.7. The average molecular weight is 629 g/mol. The average Bonchev–Trinajstić information content (AvgIpc) is 3.38. The Morgan fingerprint density at radius 1 is 1.26 bits per heavy atom. The summed E-state index contributed by atoms with van der Waals surface area (Å²) in [5.74, 6) is 0.191. The van der Waals surface area contributed by atoms with E-state index in [0.717, 1.165) is 23.1 Å². The van der Waals surface area contributed by atoms with E-state index in [9.17, 15) is 19.5 Å². The smallest absolute Gasteiger partial charge is 0.336 e. The fourth-order valence-electron chi connectivity index (χ4n) is 7.10. The van der Waals surface area contributed by atoms with Crippen LogP contribution in [-0.4, -0.2) is 71.4 Å². The van der Waals surface area contributed by atoms with Crippen molar-refractivity contribution >= 4 is 28.7 Å². The standard InChI is InChI=1S/C35H40N4O7/c1-4-22(9-11-40)33(43)46-34(2)10-5-6-27(35(34)16-24-12-23-7-8-32(42)44-28(23)15-29(24)45-35)26-14-30(36)38-18-25(26)13-31(41)39-19-21(20-39)17-37-3/h4-8,12,14-15,18,21,27,37,40H,9-11,13,16-17,19-20H2,1-3H3,(H2,36,38)/b22-4+/t27-,34+,35+/m0/s1. The third-order valence-corrected chi connectivity index (χ3v) is 9.61. The van der Waals surface area contributed by atoms with Crippen LogP contribution >= 0.6 is 0 Å². The topological polar surface area (TPSA) is 157 Å². The van der Waals surface area contributed by atoms with Gasteiger partial charge in [-0.3, -0.25) is 4.79 Å². The third kappa shape index (κ3) is 5.58. The lowest BCUT2D eigenvalue weighted by Gasteiger charge is -2.50. The second-order valence-electron chi connectivity index (χ2n) is 12.6. The van der Waals surface area contributed by atoms with Crippen molar-refractivity contribution in [2.75, 3.05) is 39.0 Å². The monoisotopic (exact) mass is 628 g/mol. The van der Waals surface area contributed by atoms with E-state index in [-0.39, 0.29) is 25.4 Å². The zero-order chi connectivity index (χ0) is 32.6. The van der Waals surface area contributed by atoms with Gasteiger partial charge in [-0.1, -0.05) is 18.2 Å². The summed E-state index contributed by atoms with van der Waals surface area (Å²) in [5, 5.41) is 13.5. The van der Waals surface area contributed by atoms with Gasteiger partial charge in [0.2, 0.25) is 5.91 Å². The summed E-state index contributed by atoms with van der Waals surface area (Å²) < 4.78 is 18.8. The molecule has 1 fully saturated rings. The van der Waals surface area contributed by atoms with Crippen LogP contribution in [-0.2, 0) is 27.2 Å². The van der Waals surface area contributed by atoms with E-state index < -0.39 is 28.7 Å². The van der Waals surface area contributed by atoms with Crippen LogP contribution in [0.1, 0.15) is 49.3 Å². The normalized spacial score (nSPS) is 24.1. The molecule has 1 aromatic carbocycles. The number of nitrogen functional groups attached to an aromatic ring is 1. The lowest BCUT2D eigenvalue weighted by atomic mass is 9.64. The number of likely N-dealkylation sites (tertiary alicyclic amines) is 1. The van der Waals surface area contributed by atoms with E-state index >= 15 is 0 Å². The number of anilines is 1. The Labute approximate surface area is 267 Å². The fourth-order valence-corrected chi connectivity index (χ4v) is 7.10. The minimum atomic E-state index is -1.20. The van der Waals surface area contributed by atoms with Gasteiger partial charge in [0.25, 0.3) is 0 Å². The minimum absolute atomic E-state index is 0.00170. The summed E-state index contributed by atoms with van der Waals surface area (Å²) in [6.45, 7) is 5.64. The number of allylic oxidation sites excluding steroid dienone is 1.